The highest BCUT2D eigenvalue weighted by Crippen LogP contribution is 2.33. The largest absolute Gasteiger partial charge is 0.338 e. The van der Waals surface area contributed by atoms with Gasteiger partial charge >= 0.3 is 0 Å². The van der Waals surface area contributed by atoms with Crippen molar-refractivity contribution in [2.24, 2.45) is 5.92 Å². The molecule has 1 aromatic rings. The van der Waals surface area contributed by atoms with Crippen LogP contribution in [0, 0.1) is 12.8 Å². The molecule has 1 aliphatic heterocycles. The van der Waals surface area contributed by atoms with Gasteiger partial charge in [0.05, 0.1) is 6.54 Å². The van der Waals surface area contributed by atoms with E-state index in [1.807, 2.05) is 6.92 Å². The molecule has 1 aliphatic carbocycles. The van der Waals surface area contributed by atoms with Crippen molar-refractivity contribution in [3.05, 3.63) is 11.7 Å². The van der Waals surface area contributed by atoms with E-state index < -0.39 is 0 Å². The SMILES string of the molecule is Cc1noc(CN2CCNC(C3CC3)C2)n1. The zero-order chi connectivity index (χ0) is 11.0. The van der Waals surface area contributed by atoms with Crippen LogP contribution in [0.3, 0.4) is 0 Å². The molecule has 1 saturated heterocycles. The number of hydrogen-bond donors (Lipinski definition) is 1. The lowest BCUT2D eigenvalue weighted by Gasteiger charge is -2.32. The molecule has 0 radical (unpaired) electrons. The lowest BCUT2D eigenvalue weighted by molar-refractivity contribution is 0.162. The average Bonchev–Trinajstić information content (AvgIpc) is 3.05. The summed E-state index contributed by atoms with van der Waals surface area (Å²) < 4.78 is 5.16. The average molecular weight is 222 g/mol. The Morgan fingerprint density at radius 2 is 2.38 bits per heavy atom. The lowest BCUT2D eigenvalue weighted by Crippen LogP contribution is -2.51. The van der Waals surface area contributed by atoms with Crippen molar-refractivity contribution in [1.29, 1.82) is 0 Å². The van der Waals surface area contributed by atoms with Gasteiger partial charge in [0.1, 0.15) is 0 Å². The van der Waals surface area contributed by atoms with E-state index in [0.29, 0.717) is 6.04 Å². The molecule has 1 unspecified atom stereocenters. The predicted octanol–water partition coefficient (Wildman–Crippen LogP) is 0.562. The minimum atomic E-state index is 0.678. The Bertz CT molecular complexity index is 361. The zero-order valence-corrected chi connectivity index (χ0v) is 9.65. The molecular weight excluding hydrogens is 204 g/mol. The smallest absolute Gasteiger partial charge is 0.240 e. The summed E-state index contributed by atoms with van der Waals surface area (Å²) in [6.07, 6.45) is 2.79. The third kappa shape index (κ3) is 2.25. The number of aryl methyl sites for hydroxylation is 1. The maximum Gasteiger partial charge on any atom is 0.240 e. The van der Waals surface area contributed by atoms with E-state index in [9.17, 15) is 0 Å². The summed E-state index contributed by atoms with van der Waals surface area (Å²) in [7, 11) is 0. The van der Waals surface area contributed by atoms with Gasteiger partial charge in [0.2, 0.25) is 5.89 Å². The van der Waals surface area contributed by atoms with Crippen LogP contribution in [0.4, 0.5) is 0 Å². The highest BCUT2D eigenvalue weighted by Gasteiger charge is 2.34. The van der Waals surface area contributed by atoms with Gasteiger partial charge < -0.3 is 9.84 Å². The Balaban J connectivity index is 1.57. The van der Waals surface area contributed by atoms with Crippen molar-refractivity contribution in [3.8, 4) is 0 Å². The van der Waals surface area contributed by atoms with Gasteiger partial charge in [0.25, 0.3) is 0 Å². The summed E-state index contributed by atoms with van der Waals surface area (Å²) in [5.74, 6) is 2.38. The van der Waals surface area contributed by atoms with Crippen LogP contribution < -0.4 is 5.32 Å². The first-order valence-electron chi connectivity index (χ1n) is 6.06. The summed E-state index contributed by atoms with van der Waals surface area (Å²) in [4.78, 5) is 6.66. The standard InChI is InChI=1S/C11H18N4O/c1-8-13-11(16-14-8)7-15-5-4-12-10(6-15)9-2-3-9/h9-10,12H,2-7H2,1H3. The molecule has 5 nitrogen and oxygen atoms in total. The van der Waals surface area contributed by atoms with Gasteiger partial charge in [0.15, 0.2) is 5.82 Å². The number of rotatable bonds is 3. The summed E-state index contributed by atoms with van der Waals surface area (Å²) >= 11 is 0. The predicted molar refractivity (Wildman–Crippen MR) is 58.8 cm³/mol. The minimum Gasteiger partial charge on any atom is -0.338 e. The van der Waals surface area contributed by atoms with Gasteiger partial charge in [-0.15, -0.1) is 0 Å². The molecule has 0 bridgehead atoms. The van der Waals surface area contributed by atoms with Crippen LogP contribution in [0.15, 0.2) is 4.52 Å². The highest BCUT2D eigenvalue weighted by atomic mass is 16.5. The van der Waals surface area contributed by atoms with E-state index in [2.05, 4.69) is 20.4 Å². The van der Waals surface area contributed by atoms with E-state index in [1.54, 1.807) is 0 Å². The van der Waals surface area contributed by atoms with E-state index in [-0.39, 0.29) is 0 Å². The first-order valence-corrected chi connectivity index (χ1v) is 6.06. The van der Waals surface area contributed by atoms with E-state index >= 15 is 0 Å². The fraction of sp³-hybridized carbons (Fsp3) is 0.818. The number of aromatic nitrogens is 2. The minimum absolute atomic E-state index is 0.678. The molecule has 88 valence electrons. The molecule has 5 heteroatoms. The van der Waals surface area contributed by atoms with E-state index in [4.69, 9.17) is 4.52 Å². The van der Waals surface area contributed by atoms with Crippen LogP contribution in [-0.4, -0.2) is 40.7 Å². The second kappa shape index (κ2) is 4.14. The fourth-order valence-electron chi connectivity index (χ4n) is 2.40. The van der Waals surface area contributed by atoms with Crippen molar-refractivity contribution < 1.29 is 4.52 Å². The second-order valence-corrected chi connectivity index (χ2v) is 4.87. The van der Waals surface area contributed by atoms with Crippen LogP contribution >= 0.6 is 0 Å². The number of nitrogens with zero attached hydrogens (tertiary/aromatic N) is 3. The van der Waals surface area contributed by atoms with Crippen molar-refractivity contribution in [2.75, 3.05) is 19.6 Å². The quantitative estimate of drug-likeness (QED) is 0.810. The van der Waals surface area contributed by atoms with Crippen molar-refractivity contribution in [1.82, 2.24) is 20.4 Å². The van der Waals surface area contributed by atoms with Crippen LogP contribution in [0.5, 0.6) is 0 Å². The molecule has 0 amide bonds. The Morgan fingerprint density at radius 3 is 3.06 bits per heavy atom. The summed E-state index contributed by atoms with van der Waals surface area (Å²) in [5, 5.41) is 7.41. The van der Waals surface area contributed by atoms with Crippen LogP contribution in [0.1, 0.15) is 24.6 Å². The molecule has 1 N–H and O–H groups in total. The molecule has 0 aromatic carbocycles. The second-order valence-electron chi connectivity index (χ2n) is 4.87. The zero-order valence-electron chi connectivity index (χ0n) is 9.65. The number of hydrogen-bond acceptors (Lipinski definition) is 5. The monoisotopic (exact) mass is 222 g/mol. The highest BCUT2D eigenvalue weighted by molar-refractivity contribution is 4.92. The van der Waals surface area contributed by atoms with Crippen molar-refractivity contribution in [3.63, 3.8) is 0 Å². The van der Waals surface area contributed by atoms with Gasteiger partial charge in [0, 0.05) is 25.7 Å². The first-order chi connectivity index (χ1) is 7.81. The molecule has 1 atom stereocenters. The van der Waals surface area contributed by atoms with Gasteiger partial charge in [-0.25, -0.2) is 0 Å². The van der Waals surface area contributed by atoms with Gasteiger partial charge in [-0.05, 0) is 25.7 Å². The van der Waals surface area contributed by atoms with E-state index in [0.717, 1.165) is 43.8 Å². The Morgan fingerprint density at radius 1 is 1.50 bits per heavy atom. The maximum atomic E-state index is 5.16. The fourth-order valence-corrected chi connectivity index (χ4v) is 2.40. The third-order valence-electron chi connectivity index (χ3n) is 3.41. The van der Waals surface area contributed by atoms with Gasteiger partial charge in [-0.1, -0.05) is 5.16 Å². The molecule has 1 aromatic heterocycles. The molecule has 2 aliphatic rings. The number of nitrogens with one attached hydrogen (secondary N) is 1. The summed E-state index contributed by atoms with van der Waals surface area (Å²) in [5.41, 5.74) is 0. The van der Waals surface area contributed by atoms with Gasteiger partial charge in [-0.3, -0.25) is 4.90 Å². The molecule has 2 heterocycles. The lowest BCUT2D eigenvalue weighted by atomic mass is 10.1. The first kappa shape index (κ1) is 10.2. The molecule has 1 saturated carbocycles. The Kier molecular flexibility index (Phi) is 2.65. The topological polar surface area (TPSA) is 54.2 Å². The summed E-state index contributed by atoms with van der Waals surface area (Å²) in [6, 6.07) is 0.678. The molecule has 0 spiro atoms. The van der Waals surface area contributed by atoms with Crippen molar-refractivity contribution in [2.45, 2.75) is 32.4 Å². The molecule has 3 rings (SSSR count). The normalized spacial score (nSPS) is 27.2. The van der Waals surface area contributed by atoms with Crippen molar-refractivity contribution >= 4 is 0 Å². The van der Waals surface area contributed by atoms with Crippen LogP contribution in [-0.2, 0) is 6.54 Å². The van der Waals surface area contributed by atoms with Gasteiger partial charge in [-0.2, -0.15) is 4.98 Å². The molecule has 2 fully saturated rings. The summed E-state index contributed by atoms with van der Waals surface area (Å²) in [6.45, 7) is 5.93. The molecule has 16 heavy (non-hydrogen) atoms. The Labute approximate surface area is 95.2 Å². The third-order valence-corrected chi connectivity index (χ3v) is 3.41. The number of piperazine rings is 1. The molecular formula is C11H18N4O. The Hall–Kier alpha value is -0.940. The van der Waals surface area contributed by atoms with Crippen LogP contribution in [0.2, 0.25) is 0 Å². The van der Waals surface area contributed by atoms with Crippen LogP contribution in [0.25, 0.3) is 0 Å². The maximum absolute atomic E-state index is 5.16. The van der Waals surface area contributed by atoms with E-state index in [1.165, 1.54) is 12.8 Å².